The van der Waals surface area contributed by atoms with Gasteiger partial charge >= 0.3 is 11.9 Å². The number of nitrogens with one attached hydrogen (secondary N) is 1. The van der Waals surface area contributed by atoms with Gasteiger partial charge in [-0.05, 0) is 42.5 Å². The average Bonchev–Trinajstić information content (AvgIpc) is 3.97. The molecule has 1 aromatic heterocycles. The number of benzene rings is 4. The Morgan fingerprint density at radius 1 is 0.897 bits per heavy atom. The zero-order chi connectivity index (χ0) is 47.8. The lowest BCUT2D eigenvalue weighted by Gasteiger charge is -2.49. The van der Waals surface area contributed by atoms with Crippen LogP contribution in [0.5, 0.6) is 0 Å². The van der Waals surface area contributed by atoms with Crippen LogP contribution in [-0.2, 0) is 43.9 Å². The van der Waals surface area contributed by atoms with Crippen molar-refractivity contribution in [1.82, 2.24) is 15.2 Å². The third kappa shape index (κ3) is 9.87. The molecular weight excluding hydrogens is 901 g/mol. The zero-order valence-electron chi connectivity index (χ0n) is 37.7. The van der Waals surface area contributed by atoms with Gasteiger partial charge in [0.25, 0.3) is 17.7 Å². The molecule has 8 rings (SSSR count). The number of carbonyl (C=O) groups excluding carboxylic acids is 5. The van der Waals surface area contributed by atoms with Gasteiger partial charge in [0.15, 0.2) is 10.8 Å². The van der Waals surface area contributed by atoms with Gasteiger partial charge in [-0.3, -0.25) is 19.3 Å². The summed E-state index contributed by atoms with van der Waals surface area (Å²) in [5, 5.41) is 8.43. The highest BCUT2D eigenvalue weighted by atomic mass is 32.2. The minimum Gasteiger partial charge on any atom is -0.462 e. The third-order valence-electron chi connectivity index (χ3n) is 11.4. The summed E-state index contributed by atoms with van der Waals surface area (Å²) in [6, 6.07) is 36.7. The van der Waals surface area contributed by atoms with Crippen molar-refractivity contribution in [3.8, 4) is 0 Å². The van der Waals surface area contributed by atoms with Crippen molar-refractivity contribution in [3.63, 3.8) is 0 Å². The zero-order valence-corrected chi connectivity index (χ0v) is 39.3. The van der Waals surface area contributed by atoms with Crippen molar-refractivity contribution >= 4 is 69.3 Å². The second kappa shape index (κ2) is 21.1. The molecule has 3 aliphatic heterocycles. The van der Waals surface area contributed by atoms with Crippen LogP contribution in [0.1, 0.15) is 56.0 Å². The molecule has 5 aromatic rings. The van der Waals surface area contributed by atoms with Gasteiger partial charge in [-0.15, -0.1) is 23.1 Å². The summed E-state index contributed by atoms with van der Waals surface area (Å²) in [6.07, 6.45) is 4.16. The van der Waals surface area contributed by atoms with E-state index in [0.717, 1.165) is 33.7 Å². The monoisotopic (exact) mass is 950 g/mol. The second-order valence-corrected chi connectivity index (χ2v) is 18.5. The number of esters is 2. The predicted molar refractivity (Wildman–Crippen MR) is 262 cm³/mol. The van der Waals surface area contributed by atoms with Crippen LogP contribution in [0.3, 0.4) is 0 Å². The lowest BCUT2D eigenvalue weighted by atomic mass is 9.80. The van der Waals surface area contributed by atoms with E-state index < -0.39 is 47.4 Å². The number of para-hydroxylation sites is 1. The number of hydrogen-bond acceptors (Lipinski definition) is 13. The average molecular weight is 951 g/mol. The number of nitrogens with zero attached hydrogens (tertiary/aromatic N) is 4. The molecule has 4 heterocycles. The van der Waals surface area contributed by atoms with Gasteiger partial charge in [-0.25, -0.2) is 14.6 Å². The van der Waals surface area contributed by atoms with Crippen LogP contribution in [0.4, 0.5) is 10.8 Å². The number of nitrogen functional groups attached to an aromatic ring is 1. The standard InChI is InChI=1S/C52H50N6O8S2/c1-4-17-35(49(62)64-29-33(2)3)30-65-50(63)44-36(28-34-26-27-57(46(34)60)40-24-15-8-16-25-40)31-67-48-43(47(61)58(44)48)55-45(59)42(41-32-68-51(53)54-41)56-66-52(37-18-9-5-10-19-37,38-20-11-6-12-21-38)39-22-13-7-14-23-39/h5-25,28,32-33,43,48H,4,26-27,29-31H2,1-3H3,(H2,53,54)(H,55,59). The molecule has 2 unspecified atom stereocenters. The van der Waals surface area contributed by atoms with Gasteiger partial charge in [0, 0.05) is 45.6 Å². The van der Waals surface area contributed by atoms with Crippen molar-refractivity contribution < 1.29 is 38.3 Å². The number of allylic oxidation sites excluding steroid dienone is 2. The smallest absolute Gasteiger partial charge is 0.355 e. The summed E-state index contributed by atoms with van der Waals surface area (Å²) in [5.74, 6) is -2.82. The predicted octanol–water partition coefficient (Wildman–Crippen LogP) is 7.53. The number of thioether (sulfide) groups is 1. The minimum absolute atomic E-state index is 0.0861. The molecule has 0 aliphatic carbocycles. The Balaban J connectivity index is 1.11. The Kier molecular flexibility index (Phi) is 14.7. The van der Waals surface area contributed by atoms with Gasteiger partial charge in [-0.2, -0.15) is 0 Å². The molecule has 3 N–H and O–H groups in total. The lowest BCUT2D eigenvalue weighted by molar-refractivity contribution is -0.152. The van der Waals surface area contributed by atoms with Gasteiger partial charge in [0.05, 0.1) is 12.2 Å². The fourth-order valence-corrected chi connectivity index (χ4v) is 10.0. The molecule has 3 aliphatic rings. The maximum Gasteiger partial charge on any atom is 0.355 e. The van der Waals surface area contributed by atoms with E-state index in [-0.39, 0.29) is 52.0 Å². The van der Waals surface area contributed by atoms with E-state index in [1.54, 1.807) is 22.4 Å². The van der Waals surface area contributed by atoms with Crippen LogP contribution in [0, 0.1) is 5.92 Å². The Labute approximate surface area is 402 Å². The maximum absolute atomic E-state index is 14.6. The number of β-lactam (4-membered cyclic amide) rings is 1. The molecule has 0 bridgehead atoms. The number of aromatic nitrogens is 1. The van der Waals surface area contributed by atoms with Crippen molar-refractivity contribution in [3.05, 3.63) is 184 Å². The first-order chi connectivity index (χ1) is 33.0. The fraction of sp³-hybridized carbons (Fsp3) is 0.250. The van der Waals surface area contributed by atoms with Crippen molar-refractivity contribution in [2.45, 2.75) is 50.6 Å². The van der Waals surface area contributed by atoms with E-state index in [2.05, 4.69) is 15.5 Å². The Bertz CT molecular complexity index is 2700. The van der Waals surface area contributed by atoms with Gasteiger partial charge in [0.2, 0.25) is 5.60 Å². The van der Waals surface area contributed by atoms with Crippen LogP contribution in [0.15, 0.2) is 166 Å². The van der Waals surface area contributed by atoms with Crippen molar-refractivity contribution in [2.75, 3.05) is 36.1 Å². The first-order valence-electron chi connectivity index (χ1n) is 22.2. The molecule has 348 valence electrons. The molecule has 3 amide bonds. The van der Waals surface area contributed by atoms with Crippen LogP contribution in [0.25, 0.3) is 0 Å². The van der Waals surface area contributed by atoms with Gasteiger partial charge in [-0.1, -0.05) is 141 Å². The second-order valence-electron chi connectivity index (χ2n) is 16.5. The van der Waals surface area contributed by atoms with Crippen molar-refractivity contribution in [1.29, 1.82) is 0 Å². The number of carbonyl (C=O) groups is 5. The summed E-state index contributed by atoms with van der Waals surface area (Å²) < 4.78 is 11.2. The SMILES string of the molecule is CCC=C(COC(=O)C1=C(C=C2CCN(c3ccccc3)C2=O)CSC2C(NC(=O)C(=NOC(c3ccccc3)(c3ccccc3)c3ccccc3)c3csc(N)n3)C(=O)N12)C(=O)OCC(C)C. The van der Waals surface area contributed by atoms with E-state index >= 15 is 0 Å². The van der Waals surface area contributed by atoms with E-state index in [0.29, 0.717) is 30.5 Å². The number of oxime groups is 1. The third-order valence-corrected chi connectivity index (χ3v) is 13.4. The fourth-order valence-electron chi connectivity index (χ4n) is 8.15. The quantitative estimate of drug-likeness (QED) is 0.0235. The Morgan fingerprint density at radius 2 is 1.50 bits per heavy atom. The summed E-state index contributed by atoms with van der Waals surface area (Å²) in [6.45, 7) is 5.87. The normalized spacial score (nSPS) is 18.1. The highest BCUT2D eigenvalue weighted by molar-refractivity contribution is 8.00. The number of rotatable bonds is 17. The largest absolute Gasteiger partial charge is 0.462 e. The van der Waals surface area contributed by atoms with Crippen molar-refractivity contribution in [2.24, 2.45) is 11.1 Å². The van der Waals surface area contributed by atoms with Crippen LogP contribution in [0.2, 0.25) is 0 Å². The molecule has 2 saturated heterocycles. The molecule has 2 atom stereocenters. The first-order valence-corrected chi connectivity index (χ1v) is 24.2. The number of hydrogen-bond donors (Lipinski definition) is 2. The maximum atomic E-state index is 14.6. The first kappa shape index (κ1) is 47.2. The van der Waals surface area contributed by atoms with E-state index in [1.807, 2.05) is 142 Å². The lowest BCUT2D eigenvalue weighted by Crippen LogP contribution is -2.71. The molecule has 0 radical (unpaired) electrons. The van der Waals surface area contributed by atoms with E-state index in [1.165, 1.54) is 16.7 Å². The highest BCUT2D eigenvalue weighted by Crippen LogP contribution is 2.43. The molecule has 16 heteroatoms. The number of ether oxygens (including phenoxy) is 2. The topological polar surface area (TPSA) is 183 Å². The summed E-state index contributed by atoms with van der Waals surface area (Å²) in [7, 11) is 0. The van der Waals surface area contributed by atoms with Gasteiger partial charge in [0.1, 0.15) is 29.4 Å². The number of nitrogens with two attached hydrogens (primary N) is 1. The Morgan fingerprint density at radius 3 is 2.06 bits per heavy atom. The molecule has 4 aromatic carbocycles. The van der Waals surface area contributed by atoms with Crippen LogP contribution in [-0.4, -0.2) is 82.2 Å². The molecule has 0 saturated carbocycles. The number of amides is 3. The van der Waals surface area contributed by atoms with Crippen LogP contribution >= 0.6 is 23.1 Å². The highest BCUT2D eigenvalue weighted by Gasteiger charge is 2.55. The molecular formula is C52H50N6O8S2. The molecule has 2 fully saturated rings. The summed E-state index contributed by atoms with van der Waals surface area (Å²) in [4.78, 5) is 84.1. The number of thiazole rings is 1. The molecule has 68 heavy (non-hydrogen) atoms. The summed E-state index contributed by atoms with van der Waals surface area (Å²) >= 11 is 2.42. The minimum atomic E-state index is -1.35. The summed E-state index contributed by atoms with van der Waals surface area (Å²) in [5.41, 5.74) is 8.49. The van der Waals surface area contributed by atoms with Gasteiger partial charge < -0.3 is 30.3 Å². The van der Waals surface area contributed by atoms with Crippen LogP contribution < -0.4 is 16.0 Å². The van der Waals surface area contributed by atoms with E-state index in [9.17, 15) is 24.0 Å². The Hall–Kier alpha value is -7.30. The number of fused-ring (bicyclic) bond motifs is 1. The molecule has 0 spiro atoms. The molecule has 14 nitrogen and oxygen atoms in total. The van der Waals surface area contributed by atoms with E-state index in [4.69, 9.17) is 20.0 Å². The number of anilines is 2.